The average molecular weight is 439 g/mol. The molecular weight excluding hydrogens is 430 g/mol. The Morgan fingerprint density at radius 2 is 2.06 bits per heavy atom. The van der Waals surface area contributed by atoms with Crippen LogP contribution in [-0.4, -0.2) is 17.1 Å². The molecular formula is C12H9BrClIN2O. The molecule has 0 radical (unpaired) electrons. The summed E-state index contributed by atoms with van der Waals surface area (Å²) >= 11 is 11.7. The minimum atomic E-state index is 0.458. The lowest BCUT2D eigenvalue weighted by molar-refractivity contribution is 0.416. The second kappa shape index (κ2) is 5.71. The van der Waals surface area contributed by atoms with E-state index in [9.17, 15) is 0 Å². The highest BCUT2D eigenvalue weighted by molar-refractivity contribution is 14.1. The van der Waals surface area contributed by atoms with Crippen LogP contribution in [0, 0.1) is 10.5 Å². The zero-order chi connectivity index (χ0) is 13.3. The Morgan fingerprint density at radius 1 is 1.33 bits per heavy atom. The van der Waals surface area contributed by atoms with Crippen LogP contribution in [-0.2, 0) is 0 Å². The fraction of sp³-hybridized carbons (Fsp3) is 0.167. The van der Waals surface area contributed by atoms with Crippen molar-refractivity contribution in [1.82, 2.24) is 9.97 Å². The monoisotopic (exact) mass is 438 g/mol. The minimum Gasteiger partial charge on any atom is -0.496 e. The summed E-state index contributed by atoms with van der Waals surface area (Å²) in [5.74, 6) is 1.28. The van der Waals surface area contributed by atoms with Gasteiger partial charge in [-0.2, -0.15) is 0 Å². The van der Waals surface area contributed by atoms with E-state index in [4.69, 9.17) is 16.3 Å². The van der Waals surface area contributed by atoms with E-state index in [1.807, 2.05) is 25.1 Å². The van der Waals surface area contributed by atoms with Crippen molar-refractivity contribution >= 4 is 50.1 Å². The van der Waals surface area contributed by atoms with Gasteiger partial charge in [-0.15, -0.1) is 0 Å². The van der Waals surface area contributed by atoms with E-state index in [2.05, 4.69) is 48.5 Å². The average Bonchev–Trinajstić information content (AvgIpc) is 2.35. The normalized spacial score (nSPS) is 10.5. The number of methoxy groups -OCH3 is 1. The van der Waals surface area contributed by atoms with Crippen molar-refractivity contribution in [3.63, 3.8) is 0 Å². The second-order valence-corrected chi connectivity index (χ2v) is 5.93. The van der Waals surface area contributed by atoms with Crippen molar-refractivity contribution in [2.75, 3.05) is 7.11 Å². The number of nitrogens with zero attached hydrogens (tertiary/aromatic N) is 2. The van der Waals surface area contributed by atoms with Gasteiger partial charge in [-0.05, 0) is 47.7 Å². The number of aromatic nitrogens is 2. The molecule has 0 aliphatic rings. The molecule has 0 N–H and O–H groups in total. The SMILES string of the molecule is COc1ccc(Br)cc1-c1nc(C)c(I)c(Cl)n1. The number of hydrogen-bond donors (Lipinski definition) is 0. The van der Waals surface area contributed by atoms with Crippen LogP contribution in [0.4, 0.5) is 0 Å². The summed E-state index contributed by atoms with van der Waals surface area (Å²) < 4.78 is 7.13. The first-order chi connectivity index (χ1) is 8.52. The summed E-state index contributed by atoms with van der Waals surface area (Å²) in [4.78, 5) is 8.75. The quantitative estimate of drug-likeness (QED) is 0.511. The van der Waals surface area contributed by atoms with Gasteiger partial charge in [0.1, 0.15) is 10.9 Å². The Kier molecular flexibility index (Phi) is 4.45. The molecule has 6 heteroatoms. The molecule has 1 aromatic heterocycles. The Balaban J connectivity index is 2.65. The Labute approximate surface area is 132 Å². The summed E-state index contributed by atoms with van der Waals surface area (Å²) in [7, 11) is 1.62. The van der Waals surface area contributed by atoms with E-state index in [-0.39, 0.29) is 0 Å². The maximum Gasteiger partial charge on any atom is 0.164 e. The highest BCUT2D eigenvalue weighted by Crippen LogP contribution is 2.32. The van der Waals surface area contributed by atoms with Gasteiger partial charge in [0.2, 0.25) is 0 Å². The van der Waals surface area contributed by atoms with Crippen LogP contribution in [0.15, 0.2) is 22.7 Å². The van der Waals surface area contributed by atoms with Gasteiger partial charge in [0.05, 0.1) is 21.9 Å². The topological polar surface area (TPSA) is 35.0 Å². The lowest BCUT2D eigenvalue weighted by Gasteiger charge is -2.09. The van der Waals surface area contributed by atoms with Crippen LogP contribution < -0.4 is 4.74 Å². The highest BCUT2D eigenvalue weighted by Gasteiger charge is 2.13. The van der Waals surface area contributed by atoms with Crippen molar-refractivity contribution in [3.05, 3.63) is 37.1 Å². The summed E-state index contributed by atoms with van der Waals surface area (Å²) in [5, 5.41) is 0.458. The van der Waals surface area contributed by atoms with Gasteiger partial charge >= 0.3 is 0 Å². The van der Waals surface area contributed by atoms with E-state index in [0.717, 1.165) is 25.0 Å². The smallest absolute Gasteiger partial charge is 0.164 e. The number of ether oxygens (including phenoxy) is 1. The van der Waals surface area contributed by atoms with Crippen molar-refractivity contribution in [2.24, 2.45) is 0 Å². The maximum atomic E-state index is 6.09. The summed E-state index contributed by atoms with van der Waals surface area (Å²) in [6.07, 6.45) is 0. The minimum absolute atomic E-state index is 0.458. The van der Waals surface area contributed by atoms with E-state index in [1.54, 1.807) is 7.11 Å². The second-order valence-electron chi connectivity index (χ2n) is 3.58. The third kappa shape index (κ3) is 2.78. The van der Waals surface area contributed by atoms with E-state index < -0.39 is 0 Å². The maximum absolute atomic E-state index is 6.09. The summed E-state index contributed by atoms with van der Waals surface area (Å²) in [6, 6.07) is 5.68. The molecule has 0 atom stereocenters. The van der Waals surface area contributed by atoms with Gasteiger partial charge in [0, 0.05) is 4.47 Å². The van der Waals surface area contributed by atoms with Gasteiger partial charge in [0.15, 0.2) is 5.82 Å². The fourth-order valence-electron chi connectivity index (χ4n) is 1.50. The molecule has 1 aromatic carbocycles. The zero-order valence-electron chi connectivity index (χ0n) is 9.67. The van der Waals surface area contributed by atoms with Crippen LogP contribution in [0.5, 0.6) is 5.75 Å². The Bertz CT molecular complexity index is 584. The third-order valence-corrected chi connectivity index (χ3v) is 4.76. The predicted octanol–water partition coefficient (Wildman–Crippen LogP) is 4.48. The molecule has 2 aromatic rings. The van der Waals surface area contributed by atoms with Crippen molar-refractivity contribution in [1.29, 1.82) is 0 Å². The van der Waals surface area contributed by atoms with Gasteiger partial charge in [0.25, 0.3) is 0 Å². The molecule has 0 aliphatic heterocycles. The van der Waals surface area contributed by atoms with E-state index in [1.165, 1.54) is 0 Å². The van der Waals surface area contributed by atoms with E-state index in [0.29, 0.717) is 11.0 Å². The molecule has 0 fully saturated rings. The first-order valence-corrected chi connectivity index (χ1v) is 7.31. The number of halogens is 3. The van der Waals surface area contributed by atoms with Crippen molar-refractivity contribution in [2.45, 2.75) is 6.92 Å². The first kappa shape index (κ1) is 14.0. The van der Waals surface area contributed by atoms with Crippen molar-refractivity contribution < 1.29 is 4.74 Å². The molecule has 1 heterocycles. The molecule has 94 valence electrons. The third-order valence-electron chi connectivity index (χ3n) is 2.38. The Hall–Kier alpha value is -0.400. The van der Waals surface area contributed by atoms with Gasteiger partial charge < -0.3 is 4.74 Å². The van der Waals surface area contributed by atoms with Crippen LogP contribution in [0.2, 0.25) is 5.15 Å². The van der Waals surface area contributed by atoms with Crippen molar-refractivity contribution in [3.8, 4) is 17.1 Å². The molecule has 2 rings (SSSR count). The standard InChI is InChI=1S/C12H9BrClIN2O/c1-6-10(15)11(14)17-12(16-6)8-5-7(13)3-4-9(8)18-2/h3-5H,1-2H3. The lowest BCUT2D eigenvalue weighted by atomic mass is 10.2. The largest absolute Gasteiger partial charge is 0.496 e. The van der Waals surface area contributed by atoms with Crippen LogP contribution >= 0.6 is 50.1 Å². The molecule has 0 aliphatic carbocycles. The molecule has 0 spiro atoms. The molecule has 0 saturated heterocycles. The number of rotatable bonds is 2. The van der Waals surface area contributed by atoms with Gasteiger partial charge in [-0.25, -0.2) is 9.97 Å². The van der Waals surface area contributed by atoms with E-state index >= 15 is 0 Å². The lowest BCUT2D eigenvalue weighted by Crippen LogP contribution is -1.98. The molecule has 0 amide bonds. The molecule has 0 saturated carbocycles. The summed E-state index contributed by atoms with van der Waals surface area (Å²) in [5.41, 5.74) is 1.67. The highest BCUT2D eigenvalue weighted by atomic mass is 127. The number of aryl methyl sites for hydroxylation is 1. The molecule has 3 nitrogen and oxygen atoms in total. The van der Waals surface area contributed by atoms with Crippen LogP contribution in [0.1, 0.15) is 5.69 Å². The fourth-order valence-corrected chi connectivity index (χ4v) is 2.32. The zero-order valence-corrected chi connectivity index (χ0v) is 14.2. The van der Waals surface area contributed by atoms with Gasteiger partial charge in [-0.1, -0.05) is 27.5 Å². The molecule has 0 unspecified atom stereocenters. The Morgan fingerprint density at radius 3 is 2.67 bits per heavy atom. The van der Waals surface area contributed by atoms with Crippen LogP contribution in [0.25, 0.3) is 11.4 Å². The molecule has 18 heavy (non-hydrogen) atoms. The predicted molar refractivity (Wildman–Crippen MR) is 84.2 cm³/mol. The van der Waals surface area contributed by atoms with Gasteiger partial charge in [-0.3, -0.25) is 0 Å². The molecule has 0 bridgehead atoms. The first-order valence-electron chi connectivity index (χ1n) is 5.06. The van der Waals surface area contributed by atoms with Crippen LogP contribution in [0.3, 0.4) is 0 Å². The number of benzene rings is 1. The summed E-state index contributed by atoms with van der Waals surface area (Å²) in [6.45, 7) is 1.91. The number of hydrogen-bond acceptors (Lipinski definition) is 3.